The number of benzene rings is 9. The van der Waals surface area contributed by atoms with Gasteiger partial charge in [0.05, 0.1) is 0 Å². The van der Waals surface area contributed by atoms with Crippen LogP contribution in [-0.2, 0) is 0 Å². The number of allylic oxidation sites excluding steroid dienone is 2. The van der Waals surface area contributed by atoms with Crippen molar-refractivity contribution in [3.05, 3.63) is 200 Å². The summed E-state index contributed by atoms with van der Waals surface area (Å²) < 4.78 is 2.59. The Kier molecular flexibility index (Phi) is 7.82. The van der Waals surface area contributed by atoms with Gasteiger partial charge in [0.25, 0.3) is 0 Å². The molecule has 0 fully saturated rings. The minimum atomic E-state index is 1.23. The molecule has 1 heteroatoms. The van der Waals surface area contributed by atoms with Gasteiger partial charge in [-0.3, -0.25) is 0 Å². The largest absolute Gasteiger partial charge is 0.135 e. The molecule has 0 aliphatic carbocycles. The molecule has 1 heterocycles. The molecule has 54 heavy (non-hydrogen) atoms. The molecule has 0 radical (unpaired) electrons. The van der Waals surface area contributed by atoms with Crippen LogP contribution in [-0.4, -0.2) is 0 Å². The lowest BCUT2D eigenvalue weighted by atomic mass is 9.82. The molecule has 0 aliphatic rings. The van der Waals surface area contributed by atoms with E-state index in [1.165, 1.54) is 108 Å². The Labute approximate surface area is 319 Å². The zero-order valence-corrected chi connectivity index (χ0v) is 30.8. The minimum absolute atomic E-state index is 1.23. The highest BCUT2D eigenvalue weighted by molar-refractivity contribution is 7.26. The van der Waals surface area contributed by atoms with Crippen molar-refractivity contribution in [3.63, 3.8) is 0 Å². The molecule has 0 saturated carbocycles. The first-order valence-corrected chi connectivity index (χ1v) is 19.4. The molecular weight excluding hydrogens is 669 g/mol. The van der Waals surface area contributed by atoms with Crippen LogP contribution in [0, 0.1) is 6.92 Å². The van der Waals surface area contributed by atoms with Crippen molar-refractivity contribution >= 4 is 69.9 Å². The summed E-state index contributed by atoms with van der Waals surface area (Å²) in [6.45, 7) is 6.33. The quantitative estimate of drug-likeness (QED) is 0.119. The number of rotatable bonds is 6. The van der Waals surface area contributed by atoms with Crippen LogP contribution < -0.4 is 0 Å². The Morgan fingerprint density at radius 2 is 0.926 bits per heavy atom. The van der Waals surface area contributed by atoms with Gasteiger partial charge in [-0.15, -0.1) is 11.3 Å². The first kappa shape index (κ1) is 32.1. The van der Waals surface area contributed by atoms with Crippen LogP contribution in [0.25, 0.3) is 103 Å². The van der Waals surface area contributed by atoms with E-state index in [1.54, 1.807) is 0 Å². The molecule has 10 rings (SSSR count). The number of hydrogen-bond donors (Lipinski definition) is 0. The molecule has 0 bridgehead atoms. The minimum Gasteiger partial charge on any atom is -0.135 e. The van der Waals surface area contributed by atoms with Crippen LogP contribution in [0.5, 0.6) is 0 Å². The fourth-order valence-electron chi connectivity index (χ4n) is 8.77. The summed E-state index contributed by atoms with van der Waals surface area (Å²) >= 11 is 1.88. The van der Waals surface area contributed by atoms with Crippen LogP contribution in [0.2, 0.25) is 0 Å². The summed E-state index contributed by atoms with van der Waals surface area (Å²) in [7, 11) is 0. The molecule has 0 N–H and O–H groups in total. The summed E-state index contributed by atoms with van der Waals surface area (Å²) in [5.41, 5.74) is 12.6. The fraction of sp³-hybridized carbons (Fsp3) is 0.0189. The maximum absolute atomic E-state index is 4.05. The van der Waals surface area contributed by atoms with Crippen molar-refractivity contribution in [2.24, 2.45) is 0 Å². The van der Waals surface area contributed by atoms with Crippen molar-refractivity contribution < 1.29 is 0 Å². The van der Waals surface area contributed by atoms with Crippen LogP contribution in [0.15, 0.2) is 189 Å². The van der Waals surface area contributed by atoms with E-state index in [2.05, 4.69) is 196 Å². The predicted octanol–water partition coefficient (Wildman–Crippen LogP) is 15.7. The second kappa shape index (κ2) is 13.1. The first-order valence-electron chi connectivity index (χ1n) is 18.6. The van der Waals surface area contributed by atoms with Gasteiger partial charge in [0, 0.05) is 20.2 Å². The summed E-state index contributed by atoms with van der Waals surface area (Å²) in [5.74, 6) is 0. The third-order valence-corrected chi connectivity index (χ3v) is 12.2. The lowest BCUT2D eigenvalue weighted by molar-refractivity contribution is 1.46. The smallest absolute Gasteiger partial charge is 0.0361 e. The first-order chi connectivity index (χ1) is 26.7. The third-order valence-electron chi connectivity index (χ3n) is 11.0. The van der Waals surface area contributed by atoms with E-state index < -0.39 is 0 Å². The highest BCUT2D eigenvalue weighted by atomic mass is 32.1. The van der Waals surface area contributed by atoms with Crippen molar-refractivity contribution in [3.8, 4) is 44.5 Å². The van der Waals surface area contributed by atoms with E-state index in [0.717, 1.165) is 0 Å². The molecule has 0 aliphatic heterocycles. The lowest BCUT2D eigenvalue weighted by Gasteiger charge is -2.20. The van der Waals surface area contributed by atoms with Gasteiger partial charge in [-0.1, -0.05) is 176 Å². The molecule has 0 unspecified atom stereocenters. The average Bonchev–Trinajstić information content (AvgIpc) is 3.61. The maximum Gasteiger partial charge on any atom is 0.0361 e. The van der Waals surface area contributed by atoms with Crippen molar-refractivity contribution in [1.29, 1.82) is 0 Å². The van der Waals surface area contributed by atoms with E-state index in [0.29, 0.717) is 0 Å². The van der Waals surface area contributed by atoms with Gasteiger partial charge in [0.2, 0.25) is 0 Å². The van der Waals surface area contributed by atoms with Gasteiger partial charge in [-0.2, -0.15) is 0 Å². The van der Waals surface area contributed by atoms with Gasteiger partial charge >= 0.3 is 0 Å². The van der Waals surface area contributed by atoms with E-state index in [-0.39, 0.29) is 0 Å². The topological polar surface area (TPSA) is 0 Å². The second-order valence-corrected chi connectivity index (χ2v) is 15.1. The molecule has 0 spiro atoms. The van der Waals surface area contributed by atoms with Crippen LogP contribution >= 0.6 is 11.3 Å². The SMILES string of the molecule is C=C/C=C\c1c(C)c(-c2ccccc2)c2ccccc2c1-c1cccc2sc3ccc(-c4c5ccccc5c(-c5ccccc5)c5ccccc45)cc3c12. The summed E-state index contributed by atoms with van der Waals surface area (Å²) in [4.78, 5) is 0. The monoisotopic (exact) mass is 704 g/mol. The normalized spacial score (nSPS) is 11.8. The maximum atomic E-state index is 4.05. The molecule has 10 aromatic rings. The van der Waals surface area contributed by atoms with Gasteiger partial charge in [0.1, 0.15) is 0 Å². The van der Waals surface area contributed by atoms with E-state index in [9.17, 15) is 0 Å². The Morgan fingerprint density at radius 3 is 1.50 bits per heavy atom. The Hall–Kier alpha value is -6.54. The zero-order chi connectivity index (χ0) is 36.2. The highest BCUT2D eigenvalue weighted by Gasteiger charge is 2.22. The van der Waals surface area contributed by atoms with E-state index in [1.807, 2.05) is 17.4 Å². The van der Waals surface area contributed by atoms with E-state index >= 15 is 0 Å². The van der Waals surface area contributed by atoms with Crippen molar-refractivity contribution in [2.45, 2.75) is 6.92 Å². The Bertz CT molecular complexity index is 3050. The molecule has 1 aromatic heterocycles. The van der Waals surface area contributed by atoms with Crippen LogP contribution in [0.4, 0.5) is 0 Å². The second-order valence-electron chi connectivity index (χ2n) is 14.0. The number of hydrogen-bond acceptors (Lipinski definition) is 1. The third kappa shape index (κ3) is 5.05. The highest BCUT2D eigenvalue weighted by Crippen LogP contribution is 2.49. The molecule has 0 nitrogen and oxygen atoms in total. The van der Waals surface area contributed by atoms with Gasteiger partial charge in [-0.25, -0.2) is 0 Å². The van der Waals surface area contributed by atoms with Gasteiger partial charge in [-0.05, 0) is 113 Å². The molecular formula is C53H36S. The van der Waals surface area contributed by atoms with Crippen molar-refractivity contribution in [1.82, 2.24) is 0 Å². The summed E-state index contributed by atoms with van der Waals surface area (Å²) in [5, 5.41) is 10.2. The standard InChI is InChI=1S/C53H36S/c1-3-4-22-38-34(2)49(35-18-7-5-8-19-35)39-23-11-16-28-44(39)52(38)45-29-17-30-48-53(45)46-33-37(31-32-47(46)54-48)51-42-26-14-12-24-40(42)50(36-20-9-6-10-21-36)41-25-13-15-27-43(41)51/h3-33H,1H2,2H3/b22-4-. The summed E-state index contributed by atoms with van der Waals surface area (Å²) in [6, 6.07) is 62.4. The number of fused-ring (bicyclic) bond motifs is 6. The summed E-state index contributed by atoms with van der Waals surface area (Å²) in [6.07, 6.45) is 6.21. The molecule has 0 atom stereocenters. The molecule has 254 valence electrons. The molecule has 0 saturated heterocycles. The van der Waals surface area contributed by atoms with E-state index in [4.69, 9.17) is 0 Å². The predicted molar refractivity (Wildman–Crippen MR) is 238 cm³/mol. The Balaban J connectivity index is 1.29. The molecule has 9 aromatic carbocycles. The zero-order valence-electron chi connectivity index (χ0n) is 30.0. The number of thiophene rings is 1. The molecule has 0 amide bonds. The van der Waals surface area contributed by atoms with Crippen molar-refractivity contribution in [2.75, 3.05) is 0 Å². The van der Waals surface area contributed by atoms with Gasteiger partial charge in [0.15, 0.2) is 0 Å². The Morgan fingerprint density at radius 1 is 0.426 bits per heavy atom. The fourth-order valence-corrected chi connectivity index (χ4v) is 9.89. The van der Waals surface area contributed by atoms with Crippen LogP contribution in [0.3, 0.4) is 0 Å². The van der Waals surface area contributed by atoms with Gasteiger partial charge < -0.3 is 0 Å². The lowest BCUT2D eigenvalue weighted by Crippen LogP contribution is -1.96. The van der Waals surface area contributed by atoms with Crippen LogP contribution in [0.1, 0.15) is 11.1 Å². The average molecular weight is 705 g/mol.